The number of alkyl halides is 1. The molecule has 2 bridgehead atoms. The Kier molecular flexibility index (Phi) is 4.20. The zero-order chi connectivity index (χ0) is 19.1. The zero-order valence-electron chi connectivity index (χ0n) is 15.1. The van der Waals surface area contributed by atoms with E-state index in [0.717, 1.165) is 18.5 Å². The predicted molar refractivity (Wildman–Crippen MR) is 100 cm³/mol. The average Bonchev–Trinajstić information content (AvgIpc) is 3.37. The van der Waals surface area contributed by atoms with E-state index in [4.69, 9.17) is 4.74 Å². The molecule has 7 nitrogen and oxygen atoms in total. The summed E-state index contributed by atoms with van der Waals surface area (Å²) in [5, 5.41) is 26.0. The summed E-state index contributed by atoms with van der Waals surface area (Å²) in [7, 11) is 0. The van der Waals surface area contributed by atoms with Crippen LogP contribution in [0.15, 0.2) is 48.8 Å². The van der Waals surface area contributed by atoms with Gasteiger partial charge in [0.05, 0.1) is 11.4 Å². The summed E-state index contributed by atoms with van der Waals surface area (Å²) in [4.78, 5) is 0. The van der Waals surface area contributed by atoms with Crippen molar-refractivity contribution in [3.8, 4) is 28.6 Å². The average molecular weight is 381 g/mol. The van der Waals surface area contributed by atoms with Crippen LogP contribution in [0, 0.1) is 0 Å². The Labute approximate surface area is 161 Å². The van der Waals surface area contributed by atoms with Gasteiger partial charge in [-0.25, -0.2) is 9.07 Å². The van der Waals surface area contributed by atoms with E-state index in [1.807, 2.05) is 12.1 Å². The minimum absolute atomic E-state index is 0.0784. The van der Waals surface area contributed by atoms with Crippen molar-refractivity contribution in [1.29, 1.82) is 0 Å². The van der Waals surface area contributed by atoms with Gasteiger partial charge in [0, 0.05) is 48.6 Å². The van der Waals surface area contributed by atoms with Crippen LogP contribution >= 0.6 is 0 Å². The molecule has 0 radical (unpaired) electrons. The van der Waals surface area contributed by atoms with Gasteiger partial charge in [-0.2, -0.15) is 5.10 Å². The summed E-state index contributed by atoms with van der Waals surface area (Å²) in [5.74, 6) is 0.375. The highest BCUT2D eigenvalue weighted by Crippen LogP contribution is 2.33. The molecule has 2 aromatic heterocycles. The van der Waals surface area contributed by atoms with Crippen molar-refractivity contribution in [2.24, 2.45) is 0 Å². The molecule has 4 heterocycles. The lowest BCUT2D eigenvalue weighted by molar-refractivity contribution is 0.0422. The summed E-state index contributed by atoms with van der Waals surface area (Å²) in [6.45, 7) is 0. The number of aromatic hydroxyl groups is 1. The van der Waals surface area contributed by atoms with Gasteiger partial charge in [0.1, 0.15) is 11.9 Å². The molecule has 1 aromatic carbocycles. The maximum absolute atomic E-state index is 14.5. The number of benzene rings is 1. The number of phenols is 1. The summed E-state index contributed by atoms with van der Waals surface area (Å²) in [6, 6.07) is 10.6. The van der Waals surface area contributed by atoms with E-state index in [-0.39, 0.29) is 11.8 Å². The second kappa shape index (κ2) is 6.87. The molecule has 2 N–H and O–H groups in total. The summed E-state index contributed by atoms with van der Waals surface area (Å²) < 4.78 is 21.9. The minimum Gasteiger partial charge on any atom is -0.507 e. The van der Waals surface area contributed by atoms with Crippen molar-refractivity contribution in [2.75, 3.05) is 0 Å². The molecule has 2 fully saturated rings. The number of piperidine rings is 1. The first kappa shape index (κ1) is 17.1. The Morgan fingerprint density at radius 3 is 2.86 bits per heavy atom. The van der Waals surface area contributed by atoms with Crippen LogP contribution in [0.25, 0.3) is 16.9 Å². The minimum atomic E-state index is -1.04. The molecule has 2 saturated heterocycles. The molecule has 0 saturated carbocycles. The van der Waals surface area contributed by atoms with E-state index in [1.54, 1.807) is 41.3 Å². The van der Waals surface area contributed by atoms with Gasteiger partial charge in [-0.05, 0) is 37.1 Å². The normalized spacial score (nSPS) is 26.3. The van der Waals surface area contributed by atoms with Crippen LogP contribution < -0.4 is 10.1 Å². The fourth-order valence-electron chi connectivity index (χ4n) is 4.05. The Bertz CT molecular complexity index is 963. The molecule has 8 heteroatoms. The van der Waals surface area contributed by atoms with Gasteiger partial charge >= 0.3 is 0 Å². The Morgan fingerprint density at radius 2 is 2.11 bits per heavy atom. The van der Waals surface area contributed by atoms with Crippen molar-refractivity contribution in [2.45, 2.75) is 43.6 Å². The van der Waals surface area contributed by atoms with Gasteiger partial charge < -0.3 is 15.2 Å². The maximum Gasteiger partial charge on any atom is 0.233 e. The van der Waals surface area contributed by atoms with Gasteiger partial charge in [-0.1, -0.05) is 0 Å². The number of nitrogens with zero attached hydrogens (tertiary/aromatic N) is 4. The Morgan fingerprint density at radius 1 is 1.18 bits per heavy atom. The van der Waals surface area contributed by atoms with Crippen LogP contribution in [0.1, 0.15) is 19.3 Å². The molecule has 28 heavy (non-hydrogen) atoms. The fraction of sp³-hybridized carbons (Fsp3) is 0.350. The monoisotopic (exact) mass is 381 g/mol. The number of nitrogens with one attached hydrogen (secondary N) is 1. The molecule has 5 rings (SSSR count). The first-order valence-corrected chi connectivity index (χ1v) is 9.41. The first-order chi connectivity index (χ1) is 13.7. The van der Waals surface area contributed by atoms with Crippen LogP contribution in [0.3, 0.4) is 0 Å². The van der Waals surface area contributed by atoms with E-state index in [1.165, 1.54) is 0 Å². The molecule has 2 aliphatic rings. The van der Waals surface area contributed by atoms with Crippen molar-refractivity contribution in [1.82, 2.24) is 25.3 Å². The lowest BCUT2D eigenvalue weighted by Crippen LogP contribution is -2.51. The van der Waals surface area contributed by atoms with Crippen molar-refractivity contribution < 1.29 is 14.2 Å². The first-order valence-electron chi connectivity index (χ1n) is 9.41. The standard InChI is InChI=1S/C20H20FN5O2/c21-20-16-5-2-12(23-16)10-18(20)28-19-7-6-15(24-25-19)14-4-3-13(11-17(14)27)26-9-1-8-22-26/h1,3-4,6-9,11-12,16,18,20,23,27H,2,5,10H2/t12-,16+,18-,20+/m0/s1. The number of hydrogen-bond acceptors (Lipinski definition) is 6. The molecule has 144 valence electrons. The summed E-state index contributed by atoms with van der Waals surface area (Å²) in [5.41, 5.74) is 1.81. The van der Waals surface area contributed by atoms with Gasteiger partial charge in [-0.3, -0.25) is 0 Å². The van der Waals surface area contributed by atoms with E-state index in [2.05, 4.69) is 20.6 Å². The smallest absolute Gasteiger partial charge is 0.233 e. The Balaban J connectivity index is 1.32. The number of hydrogen-bond donors (Lipinski definition) is 2. The topological polar surface area (TPSA) is 85.1 Å². The molecule has 0 spiro atoms. The third kappa shape index (κ3) is 3.09. The molecular formula is C20H20FN5O2. The third-order valence-corrected chi connectivity index (χ3v) is 5.47. The van der Waals surface area contributed by atoms with Crippen LogP contribution in [-0.4, -0.2) is 49.4 Å². The van der Waals surface area contributed by atoms with Gasteiger partial charge in [0.2, 0.25) is 5.88 Å². The van der Waals surface area contributed by atoms with E-state index in [9.17, 15) is 9.50 Å². The van der Waals surface area contributed by atoms with E-state index >= 15 is 0 Å². The Hall–Kier alpha value is -3.00. The van der Waals surface area contributed by atoms with Gasteiger partial charge in [0.25, 0.3) is 0 Å². The predicted octanol–water partition coefficient (Wildman–Crippen LogP) is 2.64. The SMILES string of the molecule is Oc1cc(-n2cccn2)ccc1-c1ccc(O[C@H]2C[C@@H]3CC[C@@H](N3)[C@H]2F)nn1. The molecule has 0 unspecified atom stereocenters. The number of ether oxygens (including phenoxy) is 1. The lowest BCUT2D eigenvalue weighted by Gasteiger charge is -2.32. The lowest BCUT2D eigenvalue weighted by atomic mass is 10.0. The second-order valence-electron chi connectivity index (χ2n) is 7.29. The second-order valence-corrected chi connectivity index (χ2v) is 7.29. The van der Waals surface area contributed by atoms with Crippen molar-refractivity contribution >= 4 is 0 Å². The third-order valence-electron chi connectivity index (χ3n) is 5.47. The van der Waals surface area contributed by atoms with Crippen LogP contribution in [0.4, 0.5) is 4.39 Å². The van der Waals surface area contributed by atoms with Crippen molar-refractivity contribution in [3.05, 3.63) is 48.8 Å². The van der Waals surface area contributed by atoms with Crippen LogP contribution in [-0.2, 0) is 0 Å². The van der Waals surface area contributed by atoms with Gasteiger partial charge in [0.15, 0.2) is 6.17 Å². The highest BCUT2D eigenvalue weighted by atomic mass is 19.1. The molecule has 0 aliphatic carbocycles. The highest BCUT2D eigenvalue weighted by molar-refractivity contribution is 5.68. The van der Waals surface area contributed by atoms with E-state index in [0.29, 0.717) is 29.6 Å². The van der Waals surface area contributed by atoms with Crippen LogP contribution in [0.2, 0.25) is 0 Å². The maximum atomic E-state index is 14.5. The quantitative estimate of drug-likeness (QED) is 0.723. The van der Waals surface area contributed by atoms with Crippen molar-refractivity contribution in [3.63, 3.8) is 0 Å². The fourth-order valence-corrected chi connectivity index (χ4v) is 4.05. The largest absolute Gasteiger partial charge is 0.507 e. The molecule has 0 amide bonds. The molecule has 2 aliphatic heterocycles. The molecule has 4 atom stereocenters. The highest BCUT2D eigenvalue weighted by Gasteiger charge is 2.43. The van der Waals surface area contributed by atoms with Crippen LogP contribution in [0.5, 0.6) is 11.6 Å². The number of phenolic OH excluding ortho intramolecular Hbond substituents is 1. The number of halogens is 1. The number of aromatic nitrogens is 4. The zero-order valence-corrected chi connectivity index (χ0v) is 15.1. The molecular weight excluding hydrogens is 361 g/mol. The number of rotatable bonds is 4. The number of fused-ring (bicyclic) bond motifs is 2. The summed E-state index contributed by atoms with van der Waals surface area (Å²) >= 11 is 0. The summed E-state index contributed by atoms with van der Waals surface area (Å²) in [6.07, 6.45) is 4.40. The molecule has 3 aromatic rings. The van der Waals surface area contributed by atoms with E-state index < -0.39 is 12.3 Å². The van der Waals surface area contributed by atoms with Gasteiger partial charge in [-0.15, -0.1) is 10.2 Å².